The highest BCUT2D eigenvalue weighted by molar-refractivity contribution is 7.80. The lowest BCUT2D eigenvalue weighted by atomic mass is 10.1. The molecule has 0 saturated carbocycles. The number of nitrogens with one attached hydrogen (secondary N) is 1. The van der Waals surface area contributed by atoms with Crippen LogP contribution in [0.1, 0.15) is 12.1 Å². The minimum atomic E-state index is -0.557. The van der Waals surface area contributed by atoms with Gasteiger partial charge in [0.1, 0.15) is 11.4 Å². The number of hydrogen-bond donors (Lipinski definition) is 2. The first kappa shape index (κ1) is 18.4. The third-order valence-electron chi connectivity index (χ3n) is 4.81. The second-order valence-electron chi connectivity index (χ2n) is 6.62. The molecule has 28 heavy (non-hydrogen) atoms. The summed E-state index contributed by atoms with van der Waals surface area (Å²) in [6.45, 7) is 3.76. The van der Waals surface area contributed by atoms with Crippen LogP contribution in [0.2, 0.25) is 0 Å². The predicted octanol–water partition coefficient (Wildman–Crippen LogP) is 1.99. The molecule has 2 aliphatic rings. The van der Waals surface area contributed by atoms with Crippen LogP contribution in [0, 0.1) is 5.95 Å². The minimum absolute atomic E-state index is 0.426. The van der Waals surface area contributed by atoms with Crippen molar-refractivity contribution in [1.29, 1.82) is 0 Å². The molecule has 1 aromatic heterocycles. The fraction of sp³-hybridized carbons (Fsp3) is 0.316. The summed E-state index contributed by atoms with van der Waals surface area (Å²) in [5.41, 5.74) is 11.7. The Morgan fingerprint density at radius 3 is 2.64 bits per heavy atom. The van der Waals surface area contributed by atoms with Crippen LogP contribution < -0.4 is 20.8 Å². The van der Waals surface area contributed by atoms with Gasteiger partial charge in [0.25, 0.3) is 0 Å². The molecule has 0 amide bonds. The number of benzene rings is 1. The largest absolute Gasteiger partial charge is 0.491 e. The Balaban J connectivity index is 1.36. The van der Waals surface area contributed by atoms with Crippen LogP contribution in [-0.2, 0) is 0 Å². The van der Waals surface area contributed by atoms with E-state index in [1.54, 1.807) is 6.07 Å². The summed E-state index contributed by atoms with van der Waals surface area (Å²) < 4.78 is 19.0. The molecular weight excluding hydrogens is 379 g/mol. The van der Waals surface area contributed by atoms with Crippen molar-refractivity contribution >= 4 is 34.4 Å². The quantitative estimate of drug-likeness (QED) is 0.345. The molecule has 1 saturated heterocycles. The van der Waals surface area contributed by atoms with E-state index < -0.39 is 5.95 Å². The number of nitrogens with zero attached hydrogens (tertiary/aromatic N) is 4. The molecule has 3 N–H and O–H groups in total. The molecule has 0 unspecified atom stereocenters. The summed E-state index contributed by atoms with van der Waals surface area (Å²) in [4.78, 5) is 8.27. The zero-order valence-corrected chi connectivity index (χ0v) is 16.1. The highest BCUT2D eigenvalue weighted by atomic mass is 32.1. The van der Waals surface area contributed by atoms with Gasteiger partial charge in [-0.2, -0.15) is 9.49 Å². The number of nitrogen functional groups attached to an aromatic ring is 1. The van der Waals surface area contributed by atoms with Gasteiger partial charge in [-0.15, -0.1) is 0 Å². The van der Waals surface area contributed by atoms with E-state index in [-0.39, 0.29) is 0 Å². The number of hydrogen-bond acceptors (Lipinski definition) is 6. The van der Waals surface area contributed by atoms with E-state index in [1.165, 1.54) is 6.07 Å². The van der Waals surface area contributed by atoms with Crippen molar-refractivity contribution in [2.45, 2.75) is 6.42 Å². The molecule has 0 radical (unpaired) electrons. The van der Waals surface area contributed by atoms with E-state index in [0.29, 0.717) is 35.3 Å². The van der Waals surface area contributed by atoms with E-state index in [9.17, 15) is 4.39 Å². The maximum atomic E-state index is 13.5. The number of aromatic nitrogens is 1. The number of anilines is 2. The molecule has 0 aliphatic carbocycles. The van der Waals surface area contributed by atoms with Crippen molar-refractivity contribution in [1.82, 2.24) is 15.3 Å². The van der Waals surface area contributed by atoms with Crippen molar-refractivity contribution in [3.8, 4) is 5.75 Å². The summed E-state index contributed by atoms with van der Waals surface area (Å²) in [6, 6.07) is 10.7. The van der Waals surface area contributed by atoms with Gasteiger partial charge >= 0.3 is 0 Å². The zero-order chi connectivity index (χ0) is 19.5. The lowest BCUT2D eigenvalue weighted by molar-refractivity contribution is 0.316. The third kappa shape index (κ3) is 3.99. The van der Waals surface area contributed by atoms with Crippen LogP contribution >= 0.6 is 12.2 Å². The topological polar surface area (TPSA) is 79.0 Å². The fourth-order valence-corrected chi connectivity index (χ4v) is 3.50. The van der Waals surface area contributed by atoms with Crippen LogP contribution in [0.25, 0.3) is 0 Å². The van der Waals surface area contributed by atoms with Crippen LogP contribution in [0.3, 0.4) is 0 Å². The lowest BCUT2D eigenvalue weighted by Gasteiger charge is -2.37. The van der Waals surface area contributed by atoms with E-state index in [2.05, 4.69) is 25.3 Å². The van der Waals surface area contributed by atoms with Gasteiger partial charge in [-0.1, -0.05) is 0 Å². The molecule has 2 aliphatic heterocycles. The number of piperazine rings is 1. The third-order valence-corrected chi connectivity index (χ3v) is 5.16. The molecule has 0 spiro atoms. The van der Waals surface area contributed by atoms with Gasteiger partial charge in [-0.05, 0) is 48.6 Å². The summed E-state index contributed by atoms with van der Waals surface area (Å²) in [7, 11) is 0. The normalized spacial score (nSPS) is 17.8. The van der Waals surface area contributed by atoms with Crippen molar-refractivity contribution in [3.63, 3.8) is 0 Å². The fourth-order valence-electron chi connectivity index (χ4n) is 3.27. The number of fused-ring (bicyclic) bond motifs is 1. The van der Waals surface area contributed by atoms with Gasteiger partial charge in [0.2, 0.25) is 5.95 Å². The standard InChI is InChI=1S/C19H21FN6OS/c20-17-6-5-16-18(22-17)15(7-12-27-16)23-24-19(28)26-10-8-25(9-11-26)14-3-1-13(21)2-4-14/h1-6H,7-12,21H2,(H,24,28)/b23-15-. The Morgan fingerprint density at radius 2 is 1.89 bits per heavy atom. The number of rotatable bonds is 2. The van der Waals surface area contributed by atoms with Crippen LogP contribution in [0.5, 0.6) is 5.75 Å². The molecule has 4 rings (SSSR count). The maximum Gasteiger partial charge on any atom is 0.213 e. The second kappa shape index (κ2) is 7.97. The molecule has 7 nitrogen and oxygen atoms in total. The average molecular weight is 400 g/mol. The average Bonchev–Trinajstić information content (AvgIpc) is 2.72. The van der Waals surface area contributed by atoms with Crippen LogP contribution in [-0.4, -0.2) is 53.5 Å². The first-order valence-corrected chi connectivity index (χ1v) is 9.52. The van der Waals surface area contributed by atoms with Gasteiger partial charge < -0.3 is 20.3 Å². The van der Waals surface area contributed by atoms with E-state index in [1.807, 2.05) is 24.3 Å². The molecule has 0 atom stereocenters. The van der Waals surface area contributed by atoms with Crippen molar-refractivity contribution in [2.24, 2.45) is 5.10 Å². The predicted molar refractivity (Wildman–Crippen MR) is 111 cm³/mol. The molecule has 9 heteroatoms. The number of nitrogens with two attached hydrogens (primary N) is 1. The first-order chi connectivity index (χ1) is 13.6. The summed E-state index contributed by atoms with van der Waals surface area (Å²) in [5.74, 6) is -0.0189. The molecule has 2 aromatic rings. The monoisotopic (exact) mass is 400 g/mol. The molecule has 146 valence electrons. The van der Waals surface area contributed by atoms with Crippen molar-refractivity contribution in [3.05, 3.63) is 48.0 Å². The number of thiocarbonyl (C=S) groups is 1. The zero-order valence-electron chi connectivity index (χ0n) is 15.3. The highest BCUT2D eigenvalue weighted by Crippen LogP contribution is 2.23. The smallest absolute Gasteiger partial charge is 0.213 e. The maximum absolute atomic E-state index is 13.5. The van der Waals surface area contributed by atoms with Gasteiger partial charge in [0, 0.05) is 44.0 Å². The second-order valence-corrected chi connectivity index (χ2v) is 7.01. The van der Waals surface area contributed by atoms with Gasteiger partial charge in [0.15, 0.2) is 5.11 Å². The molecule has 1 aromatic carbocycles. The summed E-state index contributed by atoms with van der Waals surface area (Å²) in [5, 5.41) is 4.92. The Labute approximate surface area is 168 Å². The lowest BCUT2D eigenvalue weighted by Crippen LogP contribution is -2.51. The van der Waals surface area contributed by atoms with Gasteiger partial charge in [-0.3, -0.25) is 5.43 Å². The Bertz CT molecular complexity index is 896. The summed E-state index contributed by atoms with van der Waals surface area (Å²) in [6.07, 6.45) is 0.546. The Morgan fingerprint density at radius 1 is 1.14 bits per heavy atom. The number of pyridine rings is 1. The van der Waals surface area contributed by atoms with E-state index in [4.69, 9.17) is 22.7 Å². The first-order valence-electron chi connectivity index (χ1n) is 9.12. The number of hydrazone groups is 1. The molecular formula is C19H21FN6OS. The van der Waals surface area contributed by atoms with E-state index >= 15 is 0 Å². The number of ether oxygens (including phenoxy) is 1. The summed E-state index contributed by atoms with van der Waals surface area (Å²) >= 11 is 5.49. The van der Waals surface area contributed by atoms with Crippen LogP contribution in [0.15, 0.2) is 41.5 Å². The van der Waals surface area contributed by atoms with Crippen molar-refractivity contribution < 1.29 is 9.13 Å². The number of halogens is 1. The highest BCUT2D eigenvalue weighted by Gasteiger charge is 2.21. The Kier molecular flexibility index (Phi) is 5.25. The molecule has 3 heterocycles. The Hall–Kier alpha value is -2.94. The minimum Gasteiger partial charge on any atom is -0.491 e. The van der Waals surface area contributed by atoms with Crippen molar-refractivity contribution in [2.75, 3.05) is 43.4 Å². The molecule has 0 bridgehead atoms. The van der Waals surface area contributed by atoms with Gasteiger partial charge in [0.05, 0.1) is 12.3 Å². The SMILES string of the molecule is Nc1ccc(N2CCN(C(=S)N/N=C3/CCOc4ccc(F)nc43)CC2)cc1. The van der Waals surface area contributed by atoms with E-state index in [0.717, 1.165) is 37.6 Å². The van der Waals surface area contributed by atoms with Crippen LogP contribution in [0.4, 0.5) is 15.8 Å². The van der Waals surface area contributed by atoms with Gasteiger partial charge in [-0.25, -0.2) is 4.98 Å². The molecule has 1 fully saturated rings.